The molecule has 0 saturated carbocycles. The number of nitrogens with one attached hydrogen (secondary N) is 2. The van der Waals surface area contributed by atoms with E-state index >= 15 is 0 Å². The summed E-state index contributed by atoms with van der Waals surface area (Å²) >= 11 is 5.46. The van der Waals surface area contributed by atoms with Gasteiger partial charge in [0.25, 0.3) is 5.91 Å². The van der Waals surface area contributed by atoms with Gasteiger partial charge < -0.3 is 10.6 Å². The second-order valence-corrected chi connectivity index (χ2v) is 4.36. The zero-order chi connectivity index (χ0) is 14.1. The highest BCUT2D eigenvalue weighted by Crippen LogP contribution is 2.03. The molecule has 0 spiro atoms. The summed E-state index contributed by atoms with van der Waals surface area (Å²) in [7, 11) is 0. The van der Waals surface area contributed by atoms with E-state index in [0.717, 1.165) is 5.56 Å². The Morgan fingerprint density at radius 3 is 2.95 bits per heavy atom. The number of aryl methyl sites for hydroxylation is 1. The molecule has 0 aliphatic carbocycles. The highest BCUT2D eigenvalue weighted by molar-refractivity contribution is 6.18. The third-order valence-electron chi connectivity index (χ3n) is 2.38. The van der Waals surface area contributed by atoms with Crippen LogP contribution >= 0.6 is 11.6 Å². The first-order chi connectivity index (χ1) is 9.17. The van der Waals surface area contributed by atoms with Crippen LogP contribution in [0.25, 0.3) is 0 Å². The molecule has 1 aromatic rings. The normalized spacial score (nSPS) is 10.7. The highest BCUT2D eigenvalue weighted by atomic mass is 35.5. The number of halogens is 1. The first-order valence-electron chi connectivity index (χ1n) is 5.90. The van der Waals surface area contributed by atoms with E-state index in [1.165, 1.54) is 11.8 Å². The summed E-state index contributed by atoms with van der Waals surface area (Å²) in [6.45, 7) is 2.92. The van der Waals surface area contributed by atoms with Crippen molar-refractivity contribution < 1.29 is 4.79 Å². The molecular formula is C14H16ClN3O. The van der Waals surface area contributed by atoms with Gasteiger partial charge in [-0.3, -0.25) is 4.79 Å². The Bertz CT molecular complexity index is 506. The molecule has 1 aromatic carbocycles. The minimum atomic E-state index is -0.417. The first-order valence-corrected chi connectivity index (χ1v) is 6.44. The lowest BCUT2D eigenvalue weighted by atomic mass is 10.1. The van der Waals surface area contributed by atoms with E-state index in [4.69, 9.17) is 16.9 Å². The fourth-order valence-corrected chi connectivity index (χ4v) is 1.59. The lowest BCUT2D eigenvalue weighted by Gasteiger charge is -2.04. The fraction of sp³-hybridized carbons (Fsp3) is 0.286. The third kappa shape index (κ3) is 5.45. The smallest absolute Gasteiger partial charge is 0.263 e. The maximum atomic E-state index is 11.5. The van der Waals surface area contributed by atoms with Gasteiger partial charge >= 0.3 is 0 Å². The molecule has 0 aliphatic heterocycles. The summed E-state index contributed by atoms with van der Waals surface area (Å²) in [6, 6.07) is 9.85. The van der Waals surface area contributed by atoms with E-state index in [1.54, 1.807) is 0 Å². The van der Waals surface area contributed by atoms with Crippen molar-refractivity contribution in [2.75, 3.05) is 12.4 Å². The highest BCUT2D eigenvalue weighted by Gasteiger charge is 2.06. The van der Waals surface area contributed by atoms with Crippen LogP contribution in [-0.2, 0) is 11.3 Å². The molecule has 0 radical (unpaired) electrons. The maximum absolute atomic E-state index is 11.5. The SMILES string of the molecule is Cc1cccc(CN/C=C(/C#N)C(=O)NCCCl)c1. The second-order valence-electron chi connectivity index (χ2n) is 3.98. The van der Waals surface area contributed by atoms with E-state index in [2.05, 4.69) is 10.6 Å². The van der Waals surface area contributed by atoms with Crippen molar-refractivity contribution in [3.8, 4) is 6.07 Å². The number of benzene rings is 1. The van der Waals surface area contributed by atoms with Crippen LogP contribution in [0.2, 0.25) is 0 Å². The molecule has 0 fully saturated rings. The Hall–Kier alpha value is -1.99. The monoisotopic (exact) mass is 277 g/mol. The summed E-state index contributed by atoms with van der Waals surface area (Å²) in [4.78, 5) is 11.5. The van der Waals surface area contributed by atoms with Crippen molar-refractivity contribution in [2.45, 2.75) is 13.5 Å². The molecule has 4 nitrogen and oxygen atoms in total. The third-order valence-corrected chi connectivity index (χ3v) is 2.57. The number of carbonyl (C=O) groups is 1. The van der Waals surface area contributed by atoms with Gasteiger partial charge in [0, 0.05) is 25.2 Å². The number of amides is 1. The Morgan fingerprint density at radius 1 is 1.53 bits per heavy atom. The van der Waals surface area contributed by atoms with Gasteiger partial charge in [-0.05, 0) is 12.5 Å². The summed E-state index contributed by atoms with van der Waals surface area (Å²) in [5.74, 6) is -0.0962. The van der Waals surface area contributed by atoms with Crippen LogP contribution in [0.5, 0.6) is 0 Å². The summed E-state index contributed by atoms with van der Waals surface area (Å²) in [5, 5.41) is 14.4. The molecule has 19 heavy (non-hydrogen) atoms. The molecule has 0 saturated heterocycles. The van der Waals surface area contributed by atoms with Crippen LogP contribution in [0.15, 0.2) is 36.0 Å². The zero-order valence-corrected chi connectivity index (χ0v) is 11.5. The van der Waals surface area contributed by atoms with E-state index < -0.39 is 5.91 Å². The van der Waals surface area contributed by atoms with Gasteiger partial charge in [-0.2, -0.15) is 5.26 Å². The molecule has 1 rings (SSSR count). The zero-order valence-electron chi connectivity index (χ0n) is 10.7. The van der Waals surface area contributed by atoms with Crippen LogP contribution in [0, 0.1) is 18.3 Å². The molecule has 2 N–H and O–H groups in total. The van der Waals surface area contributed by atoms with Gasteiger partial charge in [-0.1, -0.05) is 29.8 Å². The molecule has 1 amide bonds. The minimum absolute atomic E-state index is 0.0396. The predicted molar refractivity (Wildman–Crippen MR) is 75.4 cm³/mol. The second kappa shape index (κ2) is 8.17. The maximum Gasteiger partial charge on any atom is 0.263 e. The van der Waals surface area contributed by atoms with Crippen molar-refractivity contribution in [3.63, 3.8) is 0 Å². The average Bonchev–Trinajstić information content (AvgIpc) is 2.41. The van der Waals surface area contributed by atoms with Gasteiger partial charge in [0.15, 0.2) is 0 Å². The minimum Gasteiger partial charge on any atom is -0.386 e. The number of nitriles is 1. The van der Waals surface area contributed by atoms with Crippen molar-refractivity contribution in [1.82, 2.24) is 10.6 Å². The number of alkyl halides is 1. The van der Waals surface area contributed by atoms with E-state index in [0.29, 0.717) is 19.0 Å². The lowest BCUT2D eigenvalue weighted by molar-refractivity contribution is -0.117. The quantitative estimate of drug-likeness (QED) is 0.474. The first kappa shape index (κ1) is 15.1. The van der Waals surface area contributed by atoms with Gasteiger partial charge in [-0.25, -0.2) is 0 Å². The van der Waals surface area contributed by atoms with Crippen molar-refractivity contribution in [1.29, 1.82) is 5.26 Å². The average molecular weight is 278 g/mol. The van der Waals surface area contributed by atoms with E-state index in [9.17, 15) is 4.79 Å². The van der Waals surface area contributed by atoms with Crippen LogP contribution in [0.4, 0.5) is 0 Å². The number of hydrogen-bond acceptors (Lipinski definition) is 3. The van der Waals surface area contributed by atoms with Crippen LogP contribution in [-0.4, -0.2) is 18.3 Å². The molecule has 0 heterocycles. The van der Waals surface area contributed by atoms with Gasteiger partial charge in [0.2, 0.25) is 0 Å². The Balaban J connectivity index is 2.54. The van der Waals surface area contributed by atoms with E-state index in [-0.39, 0.29) is 5.57 Å². The predicted octanol–water partition coefficient (Wildman–Crippen LogP) is 1.85. The molecule has 0 atom stereocenters. The largest absolute Gasteiger partial charge is 0.386 e. The lowest BCUT2D eigenvalue weighted by Crippen LogP contribution is -2.27. The molecule has 0 bridgehead atoms. The van der Waals surface area contributed by atoms with Crippen molar-refractivity contribution in [3.05, 3.63) is 47.2 Å². The van der Waals surface area contributed by atoms with Gasteiger partial charge in [0.1, 0.15) is 11.6 Å². The molecule has 0 aliphatic rings. The molecule has 100 valence electrons. The Kier molecular flexibility index (Phi) is 6.48. The van der Waals surface area contributed by atoms with Crippen LogP contribution in [0.1, 0.15) is 11.1 Å². The number of rotatable bonds is 6. The topological polar surface area (TPSA) is 64.9 Å². The van der Waals surface area contributed by atoms with Crippen molar-refractivity contribution >= 4 is 17.5 Å². The van der Waals surface area contributed by atoms with Gasteiger partial charge in [-0.15, -0.1) is 11.6 Å². The van der Waals surface area contributed by atoms with E-state index in [1.807, 2.05) is 37.3 Å². The standard InChI is InChI=1S/C14H16ClN3O/c1-11-3-2-4-12(7-11)9-17-10-13(8-16)14(19)18-6-5-15/h2-4,7,10,17H,5-6,9H2,1H3,(H,18,19)/b13-10-. The molecule has 0 unspecified atom stereocenters. The summed E-state index contributed by atoms with van der Waals surface area (Å²) in [6.07, 6.45) is 1.42. The van der Waals surface area contributed by atoms with Crippen LogP contribution < -0.4 is 10.6 Å². The summed E-state index contributed by atoms with van der Waals surface area (Å²) < 4.78 is 0. The summed E-state index contributed by atoms with van der Waals surface area (Å²) in [5.41, 5.74) is 2.30. The molecule has 0 aromatic heterocycles. The molecule has 5 heteroatoms. The number of carbonyl (C=O) groups excluding carboxylic acids is 1. The number of nitrogens with zero attached hydrogens (tertiary/aromatic N) is 1. The Labute approximate surface area is 118 Å². The fourth-order valence-electron chi connectivity index (χ4n) is 1.50. The van der Waals surface area contributed by atoms with Gasteiger partial charge in [0.05, 0.1) is 0 Å². The molecular weight excluding hydrogens is 262 g/mol. The van der Waals surface area contributed by atoms with Crippen LogP contribution in [0.3, 0.4) is 0 Å². The Morgan fingerprint density at radius 2 is 2.32 bits per heavy atom. The number of hydrogen-bond donors (Lipinski definition) is 2. The van der Waals surface area contributed by atoms with Crippen molar-refractivity contribution in [2.24, 2.45) is 0 Å².